The highest BCUT2D eigenvalue weighted by Crippen LogP contribution is 2.61. The van der Waals surface area contributed by atoms with Gasteiger partial charge in [0.05, 0.1) is 5.92 Å². The molecule has 0 aromatic heterocycles. The Morgan fingerprint density at radius 2 is 1.93 bits per heavy atom. The van der Waals surface area contributed by atoms with Gasteiger partial charge in [-0.1, -0.05) is 30.3 Å². The highest BCUT2D eigenvalue weighted by atomic mass is 19.3. The Morgan fingerprint density at radius 3 is 2.50 bits per heavy atom. The third kappa shape index (κ3) is 1.42. The molecule has 1 fully saturated rings. The van der Waals surface area contributed by atoms with Gasteiger partial charge in [0.25, 0.3) is 5.92 Å². The normalized spacial score (nSPS) is 28.8. The molecule has 76 valence electrons. The van der Waals surface area contributed by atoms with E-state index in [0.29, 0.717) is 6.54 Å². The molecular formula is C11H13F2N. The molecule has 0 aliphatic heterocycles. The molecule has 0 bridgehead atoms. The summed E-state index contributed by atoms with van der Waals surface area (Å²) >= 11 is 0. The Hall–Kier alpha value is -0.960. The average molecular weight is 197 g/mol. The quantitative estimate of drug-likeness (QED) is 0.783. The summed E-state index contributed by atoms with van der Waals surface area (Å²) in [6, 6.07) is 9.00. The van der Waals surface area contributed by atoms with E-state index in [2.05, 4.69) is 5.32 Å². The predicted molar refractivity (Wildman–Crippen MR) is 51.5 cm³/mol. The van der Waals surface area contributed by atoms with Crippen LogP contribution in [0.15, 0.2) is 30.3 Å². The van der Waals surface area contributed by atoms with Gasteiger partial charge in [-0.25, -0.2) is 8.78 Å². The third-order valence-electron chi connectivity index (χ3n) is 2.79. The number of hydrogen-bond donors (Lipinski definition) is 1. The molecule has 2 unspecified atom stereocenters. The second kappa shape index (κ2) is 3.31. The van der Waals surface area contributed by atoms with Gasteiger partial charge in [0.15, 0.2) is 0 Å². The fraction of sp³-hybridized carbons (Fsp3) is 0.455. The lowest BCUT2D eigenvalue weighted by atomic mass is 10.1. The highest BCUT2D eigenvalue weighted by Gasteiger charge is 2.67. The van der Waals surface area contributed by atoms with Crippen LogP contribution < -0.4 is 5.32 Å². The predicted octanol–water partition coefficient (Wildman–Crippen LogP) is 2.25. The van der Waals surface area contributed by atoms with Gasteiger partial charge in [0.2, 0.25) is 0 Å². The van der Waals surface area contributed by atoms with Crippen molar-refractivity contribution in [1.29, 1.82) is 0 Å². The van der Waals surface area contributed by atoms with Crippen molar-refractivity contribution < 1.29 is 8.78 Å². The van der Waals surface area contributed by atoms with Crippen molar-refractivity contribution in [3.05, 3.63) is 35.9 Å². The Bertz CT molecular complexity index is 310. The summed E-state index contributed by atoms with van der Waals surface area (Å²) in [5.41, 5.74) is 0.748. The molecule has 14 heavy (non-hydrogen) atoms. The summed E-state index contributed by atoms with van der Waals surface area (Å²) in [7, 11) is 1.70. The zero-order chi connectivity index (χ0) is 10.2. The molecule has 0 heterocycles. The van der Waals surface area contributed by atoms with Crippen molar-refractivity contribution in [1.82, 2.24) is 5.32 Å². The fourth-order valence-corrected chi connectivity index (χ4v) is 1.98. The Labute approximate surface area is 82.1 Å². The van der Waals surface area contributed by atoms with Crippen molar-refractivity contribution in [2.24, 2.45) is 5.92 Å². The molecule has 0 saturated heterocycles. The zero-order valence-electron chi connectivity index (χ0n) is 8.00. The number of halogens is 2. The molecule has 1 nitrogen and oxygen atoms in total. The third-order valence-corrected chi connectivity index (χ3v) is 2.79. The first-order chi connectivity index (χ1) is 6.68. The molecule has 0 amide bonds. The molecule has 1 saturated carbocycles. The molecular weight excluding hydrogens is 184 g/mol. The van der Waals surface area contributed by atoms with E-state index in [9.17, 15) is 8.78 Å². The molecule has 2 atom stereocenters. The molecule has 1 aromatic rings. The van der Waals surface area contributed by atoms with E-state index in [1.54, 1.807) is 31.3 Å². The molecule has 0 radical (unpaired) electrons. The summed E-state index contributed by atoms with van der Waals surface area (Å²) in [4.78, 5) is 0. The van der Waals surface area contributed by atoms with Crippen LogP contribution in [0.25, 0.3) is 0 Å². The Kier molecular flexibility index (Phi) is 2.27. The monoisotopic (exact) mass is 197 g/mol. The highest BCUT2D eigenvalue weighted by molar-refractivity contribution is 5.32. The van der Waals surface area contributed by atoms with Crippen LogP contribution in [-0.4, -0.2) is 19.5 Å². The largest absolute Gasteiger partial charge is 0.319 e. The first-order valence-electron chi connectivity index (χ1n) is 4.75. The number of nitrogens with one attached hydrogen (secondary N) is 1. The lowest BCUT2D eigenvalue weighted by Crippen LogP contribution is -2.13. The SMILES string of the molecule is CNCC1C(c2ccccc2)C1(F)F. The van der Waals surface area contributed by atoms with Crippen molar-refractivity contribution in [3.8, 4) is 0 Å². The van der Waals surface area contributed by atoms with Crippen molar-refractivity contribution in [3.63, 3.8) is 0 Å². The van der Waals surface area contributed by atoms with E-state index in [4.69, 9.17) is 0 Å². The van der Waals surface area contributed by atoms with E-state index in [0.717, 1.165) is 5.56 Å². The van der Waals surface area contributed by atoms with E-state index >= 15 is 0 Å². The second-order valence-electron chi connectivity index (χ2n) is 3.73. The minimum absolute atomic E-state index is 0.382. The van der Waals surface area contributed by atoms with Crippen molar-refractivity contribution >= 4 is 0 Å². The maximum atomic E-state index is 13.3. The van der Waals surface area contributed by atoms with E-state index < -0.39 is 17.8 Å². The summed E-state index contributed by atoms with van der Waals surface area (Å²) < 4.78 is 26.6. The van der Waals surface area contributed by atoms with Crippen LogP contribution in [0, 0.1) is 5.92 Å². The second-order valence-corrected chi connectivity index (χ2v) is 3.73. The summed E-state index contributed by atoms with van der Waals surface area (Å²) in [6.45, 7) is 0.382. The van der Waals surface area contributed by atoms with Crippen molar-refractivity contribution in [2.75, 3.05) is 13.6 Å². The Morgan fingerprint density at radius 1 is 1.29 bits per heavy atom. The molecule has 2 rings (SSSR count). The van der Waals surface area contributed by atoms with Crippen LogP contribution in [0.4, 0.5) is 8.78 Å². The number of rotatable bonds is 3. The van der Waals surface area contributed by atoms with Gasteiger partial charge in [-0.2, -0.15) is 0 Å². The molecule has 3 heteroatoms. The summed E-state index contributed by atoms with van der Waals surface area (Å²) in [5.74, 6) is -3.64. The van der Waals surface area contributed by atoms with Gasteiger partial charge in [0.1, 0.15) is 0 Å². The van der Waals surface area contributed by atoms with Gasteiger partial charge in [-0.3, -0.25) is 0 Å². The molecule has 1 aromatic carbocycles. The lowest BCUT2D eigenvalue weighted by Gasteiger charge is -1.96. The van der Waals surface area contributed by atoms with E-state index in [1.165, 1.54) is 0 Å². The minimum Gasteiger partial charge on any atom is -0.319 e. The maximum Gasteiger partial charge on any atom is 0.260 e. The summed E-state index contributed by atoms with van der Waals surface area (Å²) in [6.07, 6.45) is 0. The Balaban J connectivity index is 2.15. The van der Waals surface area contributed by atoms with Gasteiger partial charge in [0, 0.05) is 12.5 Å². The molecule has 1 aliphatic rings. The zero-order valence-corrected chi connectivity index (χ0v) is 8.00. The number of benzene rings is 1. The van der Waals surface area contributed by atoms with Crippen molar-refractivity contribution in [2.45, 2.75) is 11.8 Å². The molecule has 1 N–H and O–H groups in total. The van der Waals surface area contributed by atoms with Gasteiger partial charge < -0.3 is 5.32 Å². The van der Waals surface area contributed by atoms with Gasteiger partial charge in [-0.15, -0.1) is 0 Å². The standard InChI is InChI=1S/C11H13F2N/c1-14-7-9-10(11(9,12)13)8-5-3-2-4-6-8/h2-6,9-10,14H,7H2,1H3. The van der Waals surface area contributed by atoms with E-state index in [1.807, 2.05) is 6.07 Å². The maximum absolute atomic E-state index is 13.3. The first kappa shape index (κ1) is 9.59. The van der Waals surface area contributed by atoms with Crippen LogP contribution in [0.3, 0.4) is 0 Å². The van der Waals surface area contributed by atoms with Crippen LogP contribution >= 0.6 is 0 Å². The van der Waals surface area contributed by atoms with E-state index in [-0.39, 0.29) is 0 Å². The summed E-state index contributed by atoms with van der Waals surface area (Å²) in [5, 5.41) is 2.81. The topological polar surface area (TPSA) is 12.0 Å². The van der Waals surface area contributed by atoms with Crippen LogP contribution in [0.5, 0.6) is 0 Å². The smallest absolute Gasteiger partial charge is 0.260 e. The average Bonchev–Trinajstić information content (AvgIpc) is 2.71. The fourth-order valence-electron chi connectivity index (χ4n) is 1.98. The first-order valence-corrected chi connectivity index (χ1v) is 4.75. The lowest BCUT2D eigenvalue weighted by molar-refractivity contribution is 0.0935. The van der Waals surface area contributed by atoms with Crippen LogP contribution in [0.1, 0.15) is 11.5 Å². The van der Waals surface area contributed by atoms with Gasteiger partial charge in [-0.05, 0) is 12.6 Å². The van der Waals surface area contributed by atoms with Crippen LogP contribution in [-0.2, 0) is 0 Å². The number of alkyl halides is 2. The number of hydrogen-bond acceptors (Lipinski definition) is 1. The molecule has 0 spiro atoms. The minimum atomic E-state index is -2.52. The van der Waals surface area contributed by atoms with Gasteiger partial charge >= 0.3 is 0 Å². The molecule has 1 aliphatic carbocycles. The van der Waals surface area contributed by atoms with Crippen LogP contribution in [0.2, 0.25) is 0 Å².